The highest BCUT2D eigenvalue weighted by Gasteiger charge is 2.25. The zero-order valence-corrected chi connectivity index (χ0v) is 11.3. The van der Waals surface area contributed by atoms with E-state index in [1.165, 1.54) is 23.8 Å². The molecule has 1 fully saturated rings. The number of carbonyl (C=O) groups excluding carboxylic acids is 1. The van der Waals surface area contributed by atoms with Crippen molar-refractivity contribution < 1.29 is 4.79 Å². The van der Waals surface area contributed by atoms with Crippen molar-refractivity contribution in [3.05, 3.63) is 30.5 Å². The number of nitrogens with zero attached hydrogens (tertiary/aromatic N) is 6. The van der Waals surface area contributed by atoms with E-state index in [1.807, 2.05) is 4.90 Å². The van der Waals surface area contributed by atoms with Gasteiger partial charge in [-0.25, -0.2) is 9.67 Å². The molecule has 1 aliphatic heterocycles. The van der Waals surface area contributed by atoms with Crippen LogP contribution in [0.2, 0.25) is 0 Å². The normalized spacial score (nSPS) is 19.1. The first-order valence-electron chi connectivity index (χ1n) is 6.75. The molecule has 2 aromatic rings. The Labute approximate surface area is 116 Å². The van der Waals surface area contributed by atoms with Gasteiger partial charge in [0.25, 0.3) is 5.91 Å². The predicted molar refractivity (Wildman–Crippen MR) is 71.3 cm³/mol. The summed E-state index contributed by atoms with van der Waals surface area (Å²) >= 11 is 0. The molecule has 104 valence electrons. The zero-order chi connectivity index (χ0) is 13.9. The van der Waals surface area contributed by atoms with Crippen molar-refractivity contribution in [1.82, 2.24) is 29.9 Å². The first-order valence-corrected chi connectivity index (χ1v) is 6.75. The quantitative estimate of drug-likeness (QED) is 0.817. The second-order valence-corrected chi connectivity index (χ2v) is 4.96. The Morgan fingerprint density at radius 2 is 2.20 bits per heavy atom. The van der Waals surface area contributed by atoms with Crippen molar-refractivity contribution in [3.8, 4) is 5.82 Å². The molecule has 2 aromatic heterocycles. The number of amides is 1. The van der Waals surface area contributed by atoms with Crippen molar-refractivity contribution in [2.24, 2.45) is 0 Å². The Morgan fingerprint density at radius 1 is 1.30 bits per heavy atom. The van der Waals surface area contributed by atoms with Crippen LogP contribution in [0.4, 0.5) is 0 Å². The number of aromatic nitrogens is 5. The third-order valence-electron chi connectivity index (χ3n) is 3.59. The second-order valence-electron chi connectivity index (χ2n) is 4.96. The maximum absolute atomic E-state index is 12.4. The van der Waals surface area contributed by atoms with Crippen LogP contribution in [0.3, 0.4) is 0 Å². The molecule has 1 atom stereocenters. The minimum absolute atomic E-state index is 0.0464. The highest BCUT2D eigenvalue weighted by molar-refractivity contribution is 5.92. The summed E-state index contributed by atoms with van der Waals surface area (Å²) in [4.78, 5) is 18.1. The Morgan fingerprint density at radius 3 is 2.85 bits per heavy atom. The molecular formula is C13H16N6O. The molecule has 0 spiro atoms. The molecule has 0 radical (unpaired) electrons. The van der Waals surface area contributed by atoms with E-state index in [4.69, 9.17) is 0 Å². The van der Waals surface area contributed by atoms with Crippen LogP contribution in [0, 0.1) is 0 Å². The van der Waals surface area contributed by atoms with E-state index in [0.717, 1.165) is 19.4 Å². The number of rotatable bonds is 2. The monoisotopic (exact) mass is 272 g/mol. The number of carbonyl (C=O) groups is 1. The summed E-state index contributed by atoms with van der Waals surface area (Å²) in [6.07, 6.45) is 6.26. The summed E-state index contributed by atoms with van der Waals surface area (Å²) in [6.45, 7) is 2.88. The molecule has 0 aromatic carbocycles. The van der Waals surface area contributed by atoms with Crippen LogP contribution in [0.15, 0.2) is 24.8 Å². The topological polar surface area (TPSA) is 76.8 Å². The first-order chi connectivity index (χ1) is 9.75. The Balaban J connectivity index is 1.78. The molecular weight excluding hydrogens is 256 g/mol. The Kier molecular flexibility index (Phi) is 3.41. The fourth-order valence-electron chi connectivity index (χ4n) is 2.43. The molecule has 0 saturated carbocycles. The molecule has 1 saturated heterocycles. The summed E-state index contributed by atoms with van der Waals surface area (Å²) < 4.78 is 1.50. The van der Waals surface area contributed by atoms with E-state index in [1.54, 1.807) is 12.1 Å². The lowest BCUT2D eigenvalue weighted by Crippen LogP contribution is -2.42. The lowest BCUT2D eigenvalue weighted by atomic mass is 10.0. The molecule has 0 aliphatic carbocycles. The van der Waals surface area contributed by atoms with E-state index in [2.05, 4.69) is 27.2 Å². The minimum Gasteiger partial charge on any atom is -0.335 e. The van der Waals surface area contributed by atoms with Gasteiger partial charge in [-0.15, -0.1) is 10.2 Å². The van der Waals surface area contributed by atoms with Crippen molar-refractivity contribution in [2.75, 3.05) is 6.54 Å². The van der Waals surface area contributed by atoms with Gasteiger partial charge in [0.1, 0.15) is 12.7 Å². The molecule has 3 heterocycles. The van der Waals surface area contributed by atoms with Crippen LogP contribution >= 0.6 is 0 Å². The van der Waals surface area contributed by atoms with Crippen molar-refractivity contribution in [1.29, 1.82) is 0 Å². The molecule has 7 heteroatoms. The summed E-state index contributed by atoms with van der Waals surface area (Å²) in [5.41, 5.74) is 0.377. The van der Waals surface area contributed by atoms with E-state index >= 15 is 0 Å². The average molecular weight is 272 g/mol. The number of hydrogen-bond acceptors (Lipinski definition) is 5. The van der Waals surface area contributed by atoms with Crippen LogP contribution in [-0.2, 0) is 0 Å². The van der Waals surface area contributed by atoms with Gasteiger partial charge in [0.05, 0.1) is 0 Å². The second kappa shape index (κ2) is 5.36. The molecule has 0 unspecified atom stereocenters. The third-order valence-corrected chi connectivity index (χ3v) is 3.59. The first kappa shape index (κ1) is 12.7. The van der Waals surface area contributed by atoms with E-state index in [9.17, 15) is 4.79 Å². The van der Waals surface area contributed by atoms with E-state index in [0.29, 0.717) is 11.5 Å². The van der Waals surface area contributed by atoms with Gasteiger partial charge in [-0.2, -0.15) is 5.10 Å². The van der Waals surface area contributed by atoms with Crippen molar-refractivity contribution >= 4 is 5.91 Å². The Hall–Kier alpha value is -2.31. The van der Waals surface area contributed by atoms with Gasteiger partial charge in [0.15, 0.2) is 11.5 Å². The van der Waals surface area contributed by atoms with Gasteiger partial charge >= 0.3 is 0 Å². The molecule has 0 N–H and O–H groups in total. The Bertz CT molecular complexity index is 579. The lowest BCUT2D eigenvalue weighted by Gasteiger charge is -2.33. The number of hydrogen-bond donors (Lipinski definition) is 0. The summed E-state index contributed by atoms with van der Waals surface area (Å²) in [5, 5.41) is 12.0. The summed E-state index contributed by atoms with van der Waals surface area (Å²) in [7, 11) is 0. The zero-order valence-electron chi connectivity index (χ0n) is 11.3. The highest BCUT2D eigenvalue weighted by Crippen LogP contribution is 2.18. The average Bonchev–Trinajstić information content (AvgIpc) is 3.01. The number of likely N-dealkylation sites (tertiary alicyclic amines) is 1. The van der Waals surface area contributed by atoms with Crippen LogP contribution in [0.1, 0.15) is 36.7 Å². The number of piperidine rings is 1. The molecule has 20 heavy (non-hydrogen) atoms. The highest BCUT2D eigenvalue weighted by atomic mass is 16.2. The summed E-state index contributed by atoms with van der Waals surface area (Å²) in [5.74, 6) is 0.501. The van der Waals surface area contributed by atoms with Gasteiger partial charge in [0.2, 0.25) is 0 Å². The van der Waals surface area contributed by atoms with Gasteiger partial charge in [-0.3, -0.25) is 4.79 Å². The molecule has 7 nitrogen and oxygen atoms in total. The van der Waals surface area contributed by atoms with Gasteiger partial charge in [-0.05, 0) is 38.3 Å². The fraction of sp³-hybridized carbons (Fsp3) is 0.462. The minimum atomic E-state index is -0.0464. The maximum atomic E-state index is 12.4. The van der Waals surface area contributed by atoms with Crippen molar-refractivity contribution in [3.63, 3.8) is 0 Å². The summed E-state index contributed by atoms with van der Waals surface area (Å²) in [6, 6.07) is 3.69. The standard InChI is InChI=1S/C13H16N6O/c1-10-4-2-3-7-18(10)13(20)11-5-6-12(17-16-11)19-9-14-8-15-19/h5-6,8-10H,2-4,7H2,1H3/t10-/m1/s1. The third kappa shape index (κ3) is 2.38. The SMILES string of the molecule is C[C@@H]1CCCCN1C(=O)c1ccc(-n2cncn2)nn1. The molecule has 1 amide bonds. The van der Waals surface area contributed by atoms with Crippen LogP contribution < -0.4 is 0 Å². The van der Waals surface area contributed by atoms with Gasteiger partial charge in [-0.1, -0.05) is 0 Å². The lowest BCUT2D eigenvalue weighted by molar-refractivity contribution is 0.0628. The van der Waals surface area contributed by atoms with E-state index < -0.39 is 0 Å². The smallest absolute Gasteiger partial charge is 0.274 e. The van der Waals surface area contributed by atoms with Crippen LogP contribution in [0.5, 0.6) is 0 Å². The van der Waals surface area contributed by atoms with Crippen molar-refractivity contribution in [2.45, 2.75) is 32.2 Å². The maximum Gasteiger partial charge on any atom is 0.274 e. The molecule has 1 aliphatic rings. The van der Waals surface area contributed by atoms with Gasteiger partial charge in [0, 0.05) is 12.6 Å². The molecule has 3 rings (SSSR count). The van der Waals surface area contributed by atoms with Crippen LogP contribution in [-0.4, -0.2) is 48.4 Å². The fourth-order valence-corrected chi connectivity index (χ4v) is 2.43. The van der Waals surface area contributed by atoms with E-state index in [-0.39, 0.29) is 11.9 Å². The van der Waals surface area contributed by atoms with Crippen LogP contribution in [0.25, 0.3) is 5.82 Å². The molecule has 0 bridgehead atoms. The van der Waals surface area contributed by atoms with Gasteiger partial charge < -0.3 is 4.90 Å². The predicted octanol–water partition coefficient (Wildman–Crippen LogP) is 1.07. The largest absolute Gasteiger partial charge is 0.335 e.